The van der Waals surface area contributed by atoms with Crippen LogP contribution < -0.4 is 4.74 Å². The van der Waals surface area contributed by atoms with Gasteiger partial charge in [0.05, 0.1) is 17.0 Å². The summed E-state index contributed by atoms with van der Waals surface area (Å²) in [6.45, 7) is 1.35. The molecule has 5 nitrogen and oxygen atoms in total. The zero-order chi connectivity index (χ0) is 15.8. The van der Waals surface area contributed by atoms with Gasteiger partial charge in [-0.05, 0) is 25.0 Å². The maximum Gasteiger partial charge on any atom is 0.175 e. The highest BCUT2D eigenvalue weighted by molar-refractivity contribution is 7.92. The molecule has 0 bridgehead atoms. The summed E-state index contributed by atoms with van der Waals surface area (Å²) in [5.74, 6) is 0.267. The van der Waals surface area contributed by atoms with E-state index in [1.54, 1.807) is 24.6 Å². The molecule has 1 aromatic rings. The van der Waals surface area contributed by atoms with Gasteiger partial charge in [0.25, 0.3) is 0 Å². The van der Waals surface area contributed by atoms with Crippen molar-refractivity contribution < 1.29 is 18.5 Å². The number of hydrogen-bond donors (Lipinski definition) is 0. The van der Waals surface area contributed by atoms with Crippen molar-refractivity contribution in [1.82, 2.24) is 0 Å². The highest BCUT2D eigenvalue weighted by Crippen LogP contribution is 2.40. The first-order valence-electron chi connectivity index (χ1n) is 7.43. The summed E-state index contributed by atoms with van der Waals surface area (Å²) in [5.41, 5.74) is -0.0535. The van der Waals surface area contributed by atoms with E-state index in [0.29, 0.717) is 37.4 Å². The van der Waals surface area contributed by atoms with Crippen LogP contribution in [0, 0.1) is 5.92 Å². The number of rotatable bonds is 2. The van der Waals surface area contributed by atoms with Crippen molar-refractivity contribution in [2.24, 2.45) is 10.3 Å². The van der Waals surface area contributed by atoms with Gasteiger partial charge in [-0.2, -0.15) is 0 Å². The Morgan fingerprint density at radius 3 is 2.59 bits per heavy atom. The lowest BCUT2D eigenvalue weighted by atomic mass is 9.74. The molecule has 0 aromatic heterocycles. The monoisotopic (exact) mass is 323 g/mol. The molecule has 2 heterocycles. The van der Waals surface area contributed by atoms with E-state index in [2.05, 4.69) is 4.36 Å². The minimum Gasteiger partial charge on any atom is -0.492 e. The second-order valence-corrected chi connectivity index (χ2v) is 8.76. The van der Waals surface area contributed by atoms with E-state index in [-0.39, 0.29) is 12.4 Å². The molecule has 2 aliphatic heterocycles. The Labute approximate surface area is 131 Å². The van der Waals surface area contributed by atoms with Crippen molar-refractivity contribution in [3.63, 3.8) is 0 Å². The molecule has 1 saturated heterocycles. The Kier molecular flexibility index (Phi) is 3.99. The molecular formula is C16H21NO4S. The van der Waals surface area contributed by atoms with E-state index >= 15 is 0 Å². The number of benzene rings is 1. The Morgan fingerprint density at radius 2 is 1.91 bits per heavy atom. The average Bonchev–Trinajstić information content (AvgIpc) is 2.47. The Bertz CT molecular complexity index is 692. The first-order valence-corrected chi connectivity index (χ1v) is 9.77. The topological polar surface area (TPSA) is 65.0 Å². The lowest BCUT2D eigenvalue weighted by Gasteiger charge is -2.41. The van der Waals surface area contributed by atoms with Gasteiger partial charge < -0.3 is 9.47 Å². The van der Waals surface area contributed by atoms with Crippen molar-refractivity contribution in [2.45, 2.75) is 18.4 Å². The van der Waals surface area contributed by atoms with Crippen LogP contribution in [-0.4, -0.2) is 47.9 Å². The highest BCUT2D eigenvalue weighted by Gasteiger charge is 2.47. The first-order chi connectivity index (χ1) is 10.4. The van der Waals surface area contributed by atoms with Crippen molar-refractivity contribution in [2.75, 3.05) is 32.3 Å². The van der Waals surface area contributed by atoms with Gasteiger partial charge in [0.1, 0.15) is 12.4 Å². The summed E-state index contributed by atoms with van der Waals surface area (Å²) in [6, 6.07) is 7.27. The van der Waals surface area contributed by atoms with Crippen molar-refractivity contribution in [3.8, 4) is 5.75 Å². The minimum atomic E-state index is -2.32. The van der Waals surface area contributed by atoms with Crippen molar-refractivity contribution in [3.05, 3.63) is 29.8 Å². The fraction of sp³-hybridized carbons (Fsp3) is 0.562. The summed E-state index contributed by atoms with van der Waals surface area (Å²) in [6.07, 6.45) is 4.44. The van der Waals surface area contributed by atoms with Crippen LogP contribution in [0.25, 0.3) is 0 Å². The molecule has 0 spiro atoms. The van der Waals surface area contributed by atoms with Gasteiger partial charge in [-0.15, -0.1) is 0 Å². The standard InChI is InChI=1S/C16H21NO4S/c1-22(2,19)17-16(7-9-20-10-8-16)13-11-21-14-6-4-3-5-12(14)15(13)18/h3-6,13H,7-11H2,1-2H3. The fourth-order valence-corrected chi connectivity index (χ4v) is 4.48. The third-order valence-electron chi connectivity index (χ3n) is 4.28. The summed E-state index contributed by atoms with van der Waals surface area (Å²) < 4.78 is 28.1. The van der Waals surface area contributed by atoms with Gasteiger partial charge in [-0.25, -0.2) is 4.36 Å². The summed E-state index contributed by atoms with van der Waals surface area (Å²) >= 11 is 0. The predicted molar refractivity (Wildman–Crippen MR) is 85.0 cm³/mol. The van der Waals surface area contributed by atoms with Crippen LogP contribution in [0.1, 0.15) is 23.2 Å². The number of para-hydroxylation sites is 1. The number of ether oxygens (including phenoxy) is 2. The van der Waals surface area contributed by atoms with Gasteiger partial charge in [0, 0.05) is 35.5 Å². The number of nitrogens with zero attached hydrogens (tertiary/aromatic N) is 1. The molecule has 1 fully saturated rings. The molecule has 2 aliphatic rings. The first kappa shape index (κ1) is 15.5. The van der Waals surface area contributed by atoms with E-state index in [0.717, 1.165) is 0 Å². The van der Waals surface area contributed by atoms with Gasteiger partial charge in [0.15, 0.2) is 5.78 Å². The van der Waals surface area contributed by atoms with Crippen molar-refractivity contribution >= 4 is 15.5 Å². The molecule has 0 N–H and O–H groups in total. The number of Topliss-reactive ketones (excluding diaryl/α,β-unsaturated/α-hetero) is 1. The molecule has 22 heavy (non-hydrogen) atoms. The zero-order valence-corrected chi connectivity index (χ0v) is 13.7. The second kappa shape index (κ2) is 5.66. The van der Waals surface area contributed by atoms with Crippen molar-refractivity contribution in [1.29, 1.82) is 0 Å². The summed E-state index contributed by atoms with van der Waals surface area (Å²) in [7, 11) is -2.32. The molecule has 1 atom stereocenters. The van der Waals surface area contributed by atoms with E-state index in [4.69, 9.17) is 9.47 Å². The van der Waals surface area contributed by atoms with Gasteiger partial charge in [-0.1, -0.05) is 12.1 Å². The Hall–Kier alpha value is -1.40. The maximum atomic E-state index is 12.9. The Balaban J connectivity index is 2.03. The molecule has 3 rings (SSSR count). The molecule has 0 saturated carbocycles. The van der Waals surface area contributed by atoms with Crippen LogP contribution in [-0.2, 0) is 14.5 Å². The van der Waals surface area contributed by atoms with Crippen LogP contribution in [0.15, 0.2) is 28.6 Å². The van der Waals surface area contributed by atoms with Crippen LogP contribution in [0.5, 0.6) is 5.75 Å². The van der Waals surface area contributed by atoms with Crippen LogP contribution in [0.3, 0.4) is 0 Å². The fourth-order valence-electron chi connectivity index (χ4n) is 3.30. The molecule has 120 valence electrons. The van der Waals surface area contributed by atoms with E-state index in [9.17, 15) is 9.00 Å². The van der Waals surface area contributed by atoms with E-state index in [1.807, 2.05) is 12.1 Å². The molecule has 0 aliphatic carbocycles. The van der Waals surface area contributed by atoms with Crippen LogP contribution in [0.4, 0.5) is 0 Å². The molecular weight excluding hydrogens is 302 g/mol. The summed E-state index contributed by atoms with van der Waals surface area (Å²) in [4.78, 5) is 12.9. The largest absolute Gasteiger partial charge is 0.492 e. The van der Waals surface area contributed by atoms with E-state index in [1.165, 1.54) is 0 Å². The highest BCUT2D eigenvalue weighted by atomic mass is 32.2. The average molecular weight is 323 g/mol. The Morgan fingerprint density at radius 1 is 1.23 bits per heavy atom. The predicted octanol–water partition coefficient (Wildman–Crippen LogP) is 2.15. The SMILES string of the molecule is CS(C)(=O)=NC1(C2COc3ccccc3C2=O)CCOCC1. The minimum absolute atomic E-state index is 0.0381. The number of hydrogen-bond acceptors (Lipinski definition) is 5. The molecule has 1 unspecified atom stereocenters. The number of fused-ring (bicyclic) bond motifs is 1. The second-order valence-electron chi connectivity index (χ2n) is 6.21. The lowest BCUT2D eigenvalue weighted by Crippen LogP contribution is -2.50. The molecule has 0 amide bonds. The van der Waals surface area contributed by atoms with E-state index < -0.39 is 21.2 Å². The van der Waals surface area contributed by atoms with Gasteiger partial charge >= 0.3 is 0 Å². The normalized spacial score (nSPS) is 24.3. The quantitative estimate of drug-likeness (QED) is 0.836. The third-order valence-corrected chi connectivity index (χ3v) is 5.09. The van der Waals surface area contributed by atoms with Gasteiger partial charge in [-0.3, -0.25) is 9.00 Å². The van der Waals surface area contributed by atoms with Gasteiger partial charge in [0.2, 0.25) is 0 Å². The molecule has 1 aromatic carbocycles. The van der Waals surface area contributed by atoms with Crippen LogP contribution >= 0.6 is 0 Å². The molecule has 0 radical (unpaired) electrons. The summed E-state index contributed by atoms with van der Waals surface area (Å²) in [5, 5.41) is 0. The smallest absolute Gasteiger partial charge is 0.175 e. The number of carbonyl (C=O) groups is 1. The zero-order valence-electron chi connectivity index (χ0n) is 12.9. The molecule has 6 heteroatoms. The van der Waals surface area contributed by atoms with Crippen LogP contribution in [0.2, 0.25) is 0 Å². The maximum absolute atomic E-state index is 12.9. The number of carbonyl (C=O) groups excluding carboxylic acids is 1. The lowest BCUT2D eigenvalue weighted by molar-refractivity contribution is 0.0185. The third kappa shape index (κ3) is 2.90. The number of ketones is 1.